The summed E-state index contributed by atoms with van der Waals surface area (Å²) in [7, 11) is 0. The summed E-state index contributed by atoms with van der Waals surface area (Å²) in [5.74, 6) is 5.14. The lowest BCUT2D eigenvalue weighted by atomic mass is 9.43. The number of fused-ring (bicyclic) bond motifs is 10. The lowest BCUT2D eigenvalue weighted by molar-refractivity contribution is -0.202. The third kappa shape index (κ3) is 10.4. The van der Waals surface area contributed by atoms with Crippen LogP contribution in [-0.2, 0) is 28.5 Å². The van der Waals surface area contributed by atoms with E-state index < -0.39 is 24.8 Å². The van der Waals surface area contributed by atoms with Gasteiger partial charge in [-0.15, -0.1) is 0 Å². The van der Waals surface area contributed by atoms with Crippen molar-refractivity contribution in [2.75, 3.05) is 13.2 Å². The van der Waals surface area contributed by atoms with E-state index in [0.717, 1.165) is 103 Å². The molecule has 0 amide bonds. The maximum atomic E-state index is 13.1. The number of carbonyl (C=O) groups is 2. The molecule has 0 radical (unpaired) electrons. The monoisotopic (exact) mass is 997 g/mol. The SMILES string of the molecule is CC(OCC1CCC(COC(C)OC(=O)CCC(C)C2CCC3C4CC(O)C5CC(O)CCC5(C)C4CC(O)C23C)CC1)OC(=O)CCC(C)C1CCC2C3CCC4CC(O)CCC4(C)C3CC(O)C12C. The molecule has 0 saturated heterocycles. The average Bonchev–Trinajstić information content (AvgIpc) is 3.89. The molecule has 9 fully saturated rings. The summed E-state index contributed by atoms with van der Waals surface area (Å²) < 4.78 is 23.7. The van der Waals surface area contributed by atoms with Crippen molar-refractivity contribution in [3.05, 3.63) is 0 Å². The predicted molar refractivity (Wildman–Crippen MR) is 272 cm³/mol. The molecule has 0 spiro atoms. The van der Waals surface area contributed by atoms with Crippen LogP contribution in [0.4, 0.5) is 0 Å². The Bertz CT molecular complexity index is 1820. The molecule has 9 aliphatic carbocycles. The minimum absolute atomic E-state index is 0.0450. The Labute approximate surface area is 428 Å². The molecule has 23 atom stereocenters. The van der Waals surface area contributed by atoms with Gasteiger partial charge in [0.1, 0.15) is 0 Å². The second-order valence-corrected chi connectivity index (χ2v) is 27.6. The molecule has 11 heteroatoms. The number of carbonyl (C=O) groups excluding carboxylic acids is 2. The molecule has 23 unspecified atom stereocenters. The van der Waals surface area contributed by atoms with Crippen LogP contribution < -0.4 is 0 Å². The van der Waals surface area contributed by atoms with E-state index in [2.05, 4.69) is 41.5 Å². The summed E-state index contributed by atoms with van der Waals surface area (Å²) >= 11 is 0. The molecule has 406 valence electrons. The van der Waals surface area contributed by atoms with E-state index in [1.807, 2.05) is 13.8 Å². The number of aliphatic hydroxyl groups excluding tert-OH is 5. The quantitative estimate of drug-likeness (QED) is 0.0736. The van der Waals surface area contributed by atoms with Crippen molar-refractivity contribution in [3.63, 3.8) is 0 Å². The fourth-order valence-corrected chi connectivity index (χ4v) is 20.1. The maximum Gasteiger partial charge on any atom is 0.308 e. The molecule has 0 heterocycles. The number of esters is 2. The van der Waals surface area contributed by atoms with Gasteiger partial charge in [-0.2, -0.15) is 0 Å². The van der Waals surface area contributed by atoms with E-state index in [-0.39, 0.29) is 63.7 Å². The van der Waals surface area contributed by atoms with Gasteiger partial charge >= 0.3 is 11.9 Å². The third-order valence-electron chi connectivity index (χ3n) is 24.3. The fourth-order valence-electron chi connectivity index (χ4n) is 20.1. The molecule has 9 rings (SSSR count). The highest BCUT2D eigenvalue weighted by Crippen LogP contribution is 2.70. The highest BCUT2D eigenvalue weighted by molar-refractivity contribution is 5.69. The number of aliphatic hydroxyl groups is 5. The zero-order valence-corrected chi connectivity index (χ0v) is 45.5. The van der Waals surface area contributed by atoms with Gasteiger partial charge in [0, 0.05) is 12.8 Å². The maximum absolute atomic E-state index is 13.1. The van der Waals surface area contributed by atoms with Gasteiger partial charge in [0.05, 0.1) is 43.7 Å². The molecule has 9 aliphatic rings. The molecule has 0 aromatic carbocycles. The third-order valence-corrected chi connectivity index (χ3v) is 24.3. The number of rotatable bonds is 16. The van der Waals surface area contributed by atoms with Crippen LogP contribution >= 0.6 is 0 Å². The molecule has 71 heavy (non-hydrogen) atoms. The first-order valence-electron chi connectivity index (χ1n) is 29.7. The van der Waals surface area contributed by atoms with Crippen molar-refractivity contribution in [2.24, 2.45) is 105 Å². The molecule has 0 aromatic heterocycles. The van der Waals surface area contributed by atoms with Crippen LogP contribution in [0.15, 0.2) is 0 Å². The highest BCUT2D eigenvalue weighted by Gasteiger charge is 2.66. The molecule has 0 bridgehead atoms. The second kappa shape index (κ2) is 21.6. The van der Waals surface area contributed by atoms with E-state index in [0.29, 0.717) is 110 Å². The van der Waals surface area contributed by atoms with Gasteiger partial charge in [0.25, 0.3) is 0 Å². The standard InChI is InChI=1S/C60H100O11/c1-34(45-17-19-47-43-16-15-40-27-41(61)23-25-57(40,5)49(43)30-53(64)59(45,47)7)9-21-55(66)70-36(3)68-32-38-11-13-39(14-12-38)33-69-37(4)71-56(67)22-10-35(2)46-18-20-48-44-29-52(63)51-28-42(62)24-26-58(51,6)50(44)31-54(65)60(46,48)8/h34-54,61-65H,9-33H2,1-8H3. The van der Waals surface area contributed by atoms with Crippen LogP contribution in [0.5, 0.6) is 0 Å². The van der Waals surface area contributed by atoms with Gasteiger partial charge in [0.15, 0.2) is 12.6 Å². The Morgan fingerprint density at radius 2 is 0.958 bits per heavy atom. The van der Waals surface area contributed by atoms with Gasteiger partial charge < -0.3 is 44.5 Å². The van der Waals surface area contributed by atoms with Crippen molar-refractivity contribution in [3.8, 4) is 0 Å². The summed E-state index contributed by atoms with van der Waals surface area (Å²) in [5, 5.41) is 56.3. The number of ether oxygens (including phenoxy) is 4. The summed E-state index contributed by atoms with van der Waals surface area (Å²) in [6, 6.07) is 0. The topological polar surface area (TPSA) is 172 Å². The number of hydrogen-bond donors (Lipinski definition) is 5. The smallest absolute Gasteiger partial charge is 0.308 e. The van der Waals surface area contributed by atoms with E-state index in [1.54, 1.807) is 0 Å². The van der Waals surface area contributed by atoms with Gasteiger partial charge in [-0.1, -0.05) is 41.5 Å². The zero-order valence-electron chi connectivity index (χ0n) is 45.5. The Morgan fingerprint density at radius 1 is 0.493 bits per heavy atom. The summed E-state index contributed by atoms with van der Waals surface area (Å²) in [5.41, 5.74) is -0.170. The summed E-state index contributed by atoms with van der Waals surface area (Å²) in [4.78, 5) is 26.2. The first kappa shape index (κ1) is 54.4. The molecule has 0 aromatic rings. The molecule has 9 saturated carbocycles. The largest absolute Gasteiger partial charge is 0.436 e. The molecule has 5 N–H and O–H groups in total. The Kier molecular flexibility index (Phi) is 16.6. The lowest BCUT2D eigenvalue weighted by Gasteiger charge is -2.63. The Hall–Kier alpha value is -1.34. The van der Waals surface area contributed by atoms with Crippen molar-refractivity contribution >= 4 is 11.9 Å². The minimum atomic E-state index is -0.613. The second-order valence-electron chi connectivity index (χ2n) is 27.6. The molecule has 0 aliphatic heterocycles. The zero-order chi connectivity index (χ0) is 50.8. The Balaban J connectivity index is 0.638. The molecular weight excluding hydrogens is 897 g/mol. The van der Waals surface area contributed by atoms with Gasteiger partial charge in [-0.05, 0) is 253 Å². The highest BCUT2D eigenvalue weighted by atomic mass is 16.7. The van der Waals surface area contributed by atoms with Crippen molar-refractivity contribution < 1.29 is 54.1 Å². The van der Waals surface area contributed by atoms with Crippen LogP contribution in [0.25, 0.3) is 0 Å². The van der Waals surface area contributed by atoms with Gasteiger partial charge in [-0.3, -0.25) is 9.59 Å². The van der Waals surface area contributed by atoms with Crippen LogP contribution in [-0.4, -0.2) is 93.8 Å². The summed E-state index contributed by atoms with van der Waals surface area (Å²) in [6.45, 7) is 18.7. The predicted octanol–water partition coefficient (Wildman–Crippen LogP) is 10.4. The van der Waals surface area contributed by atoms with Crippen molar-refractivity contribution in [1.29, 1.82) is 0 Å². The van der Waals surface area contributed by atoms with Crippen molar-refractivity contribution in [1.82, 2.24) is 0 Å². The van der Waals surface area contributed by atoms with Crippen molar-refractivity contribution in [2.45, 2.75) is 246 Å². The fraction of sp³-hybridized carbons (Fsp3) is 0.967. The van der Waals surface area contributed by atoms with E-state index in [1.165, 1.54) is 19.3 Å². The van der Waals surface area contributed by atoms with Gasteiger partial charge in [0.2, 0.25) is 0 Å². The van der Waals surface area contributed by atoms with Crippen LogP contribution in [0, 0.1) is 105 Å². The average molecular weight is 997 g/mol. The van der Waals surface area contributed by atoms with E-state index >= 15 is 0 Å². The molecule has 11 nitrogen and oxygen atoms in total. The molecular formula is C60H100O11. The van der Waals surface area contributed by atoms with Crippen LogP contribution in [0.2, 0.25) is 0 Å². The normalized spacial score (nSPS) is 48.8. The number of hydrogen-bond acceptors (Lipinski definition) is 11. The van der Waals surface area contributed by atoms with Crippen LogP contribution in [0.1, 0.15) is 203 Å². The van der Waals surface area contributed by atoms with E-state index in [4.69, 9.17) is 18.9 Å². The lowest BCUT2D eigenvalue weighted by Crippen LogP contribution is -2.61. The van der Waals surface area contributed by atoms with Crippen LogP contribution in [0.3, 0.4) is 0 Å². The summed E-state index contributed by atoms with van der Waals surface area (Å²) in [6.07, 6.45) is 17.9. The Morgan fingerprint density at radius 3 is 1.48 bits per heavy atom. The van der Waals surface area contributed by atoms with E-state index in [9.17, 15) is 35.1 Å². The van der Waals surface area contributed by atoms with Gasteiger partial charge in [-0.25, -0.2) is 0 Å². The first-order chi connectivity index (χ1) is 33.7. The first-order valence-corrected chi connectivity index (χ1v) is 29.7. The minimum Gasteiger partial charge on any atom is -0.436 e.